The molecule has 2 atom stereocenters. The smallest absolute Gasteiger partial charge is 0.240 e. The van der Waals surface area contributed by atoms with Crippen LogP contribution in [0.2, 0.25) is 0 Å². The van der Waals surface area contributed by atoms with Crippen molar-refractivity contribution in [1.29, 1.82) is 0 Å². The van der Waals surface area contributed by atoms with Crippen molar-refractivity contribution in [3.8, 4) is 12.3 Å². The van der Waals surface area contributed by atoms with Crippen LogP contribution in [0.1, 0.15) is 20.3 Å². The van der Waals surface area contributed by atoms with Gasteiger partial charge in [0.15, 0.2) is 0 Å². The van der Waals surface area contributed by atoms with Crippen molar-refractivity contribution in [3.05, 3.63) is 0 Å². The van der Waals surface area contributed by atoms with Gasteiger partial charge in [-0.2, -0.15) is 0 Å². The molecule has 0 aromatic heterocycles. The molecule has 0 aliphatic carbocycles. The first-order valence-corrected chi connectivity index (χ1v) is 4.79. The van der Waals surface area contributed by atoms with Crippen LogP contribution in [0.3, 0.4) is 0 Å². The van der Waals surface area contributed by atoms with Gasteiger partial charge in [-0.05, 0) is 13.3 Å². The van der Waals surface area contributed by atoms with Crippen LogP contribution in [0, 0.1) is 12.3 Å². The van der Waals surface area contributed by atoms with Crippen LogP contribution in [-0.2, 0) is 4.74 Å². The summed E-state index contributed by atoms with van der Waals surface area (Å²) in [7, 11) is 0. The molecule has 0 aromatic carbocycles. The van der Waals surface area contributed by atoms with Gasteiger partial charge in [-0.3, -0.25) is 0 Å². The maximum absolute atomic E-state index is 9.27. The number of hydrogen-bond donors (Lipinski definition) is 1. The molecule has 0 saturated carbocycles. The predicted molar refractivity (Wildman–Crippen MR) is 54.9 cm³/mol. The van der Waals surface area contributed by atoms with Gasteiger partial charge in [-0.25, -0.2) is 0 Å². The Labute approximate surface area is 93.1 Å². The highest BCUT2D eigenvalue weighted by Crippen LogP contribution is 2.33. The molecule has 0 bridgehead atoms. The Kier molecular flexibility index (Phi) is 4.85. The summed E-state index contributed by atoms with van der Waals surface area (Å²) < 4.78 is 3.14. The van der Waals surface area contributed by atoms with E-state index in [1.165, 1.54) is 0 Å². The summed E-state index contributed by atoms with van der Waals surface area (Å²) in [6.07, 6.45) is 4.18. The first kappa shape index (κ1) is 13.4. The second kappa shape index (κ2) is 4.72. The third-order valence-corrected chi connectivity index (χ3v) is 2.19. The summed E-state index contributed by atoms with van der Waals surface area (Å²) in [4.78, 5) is 0. The fourth-order valence-electron chi connectivity index (χ4n) is 0.533. The van der Waals surface area contributed by atoms with E-state index in [9.17, 15) is 5.11 Å². The minimum atomic E-state index is -1.88. The fourth-order valence-corrected chi connectivity index (χ4v) is 0.666. The lowest BCUT2D eigenvalue weighted by molar-refractivity contribution is -0.154. The van der Waals surface area contributed by atoms with E-state index >= 15 is 0 Å². The average molecular weight is 246 g/mol. The summed E-state index contributed by atoms with van der Waals surface area (Å²) in [6.45, 7) is 3.44. The summed E-state index contributed by atoms with van der Waals surface area (Å²) in [5.74, 6) is 2.37. The average Bonchev–Trinajstić information content (AvgIpc) is 2.02. The largest absolute Gasteiger partial charge is 0.365 e. The van der Waals surface area contributed by atoms with E-state index in [-0.39, 0.29) is 0 Å². The molecule has 0 rings (SSSR count). The quantitative estimate of drug-likeness (QED) is 0.470. The first-order chi connectivity index (χ1) is 5.75. The predicted octanol–water partition coefficient (Wildman–Crippen LogP) is 2.49. The van der Waals surface area contributed by atoms with Crippen LogP contribution < -0.4 is 0 Å². The minimum absolute atomic E-state index is 0.515. The highest BCUT2D eigenvalue weighted by molar-refractivity contribution is 6.67. The van der Waals surface area contributed by atoms with Crippen LogP contribution in [0.5, 0.6) is 0 Å². The maximum atomic E-state index is 9.27. The zero-order chi connectivity index (χ0) is 10.7. The SMILES string of the molecule is C#CC(C)(CC)OC(O)C(Cl)(Cl)Cl. The lowest BCUT2D eigenvalue weighted by Crippen LogP contribution is -2.38. The van der Waals surface area contributed by atoms with Crippen molar-refractivity contribution in [1.82, 2.24) is 0 Å². The zero-order valence-electron chi connectivity index (χ0n) is 7.35. The summed E-state index contributed by atoms with van der Waals surface area (Å²) in [5.41, 5.74) is -0.913. The molecule has 13 heavy (non-hydrogen) atoms. The topological polar surface area (TPSA) is 29.5 Å². The Bertz CT molecular complexity index is 206. The molecule has 0 heterocycles. The van der Waals surface area contributed by atoms with Gasteiger partial charge in [0.2, 0.25) is 10.1 Å². The van der Waals surface area contributed by atoms with Crippen molar-refractivity contribution in [3.63, 3.8) is 0 Å². The molecule has 0 aromatic rings. The van der Waals surface area contributed by atoms with E-state index in [0.717, 1.165) is 0 Å². The maximum Gasteiger partial charge on any atom is 0.240 e. The molecule has 0 radical (unpaired) electrons. The normalized spacial score (nSPS) is 18.8. The second-order valence-electron chi connectivity index (χ2n) is 2.74. The Morgan fingerprint density at radius 2 is 2.00 bits per heavy atom. The Balaban J connectivity index is 4.37. The standard InChI is InChI=1S/C8H11Cl3O2/c1-4-7(3,5-2)13-6(12)8(9,10)11/h1,6,12H,5H2,2-3H3. The third-order valence-electron chi connectivity index (χ3n) is 1.63. The lowest BCUT2D eigenvalue weighted by Gasteiger charge is -2.29. The molecule has 76 valence electrons. The van der Waals surface area contributed by atoms with E-state index in [4.69, 9.17) is 46.0 Å². The van der Waals surface area contributed by atoms with Gasteiger partial charge in [0.05, 0.1) is 0 Å². The summed E-state index contributed by atoms with van der Waals surface area (Å²) >= 11 is 16.2. The Hall–Kier alpha value is 0.350. The highest BCUT2D eigenvalue weighted by Gasteiger charge is 2.36. The molecule has 0 spiro atoms. The van der Waals surface area contributed by atoms with Crippen molar-refractivity contribution in [2.24, 2.45) is 0 Å². The van der Waals surface area contributed by atoms with E-state index in [1.807, 2.05) is 6.92 Å². The highest BCUT2D eigenvalue weighted by atomic mass is 35.6. The van der Waals surface area contributed by atoms with Gasteiger partial charge in [0.25, 0.3) is 0 Å². The molecule has 0 aliphatic rings. The van der Waals surface area contributed by atoms with E-state index in [2.05, 4.69) is 5.92 Å². The minimum Gasteiger partial charge on any atom is -0.365 e. The van der Waals surface area contributed by atoms with E-state index in [1.54, 1.807) is 6.92 Å². The van der Waals surface area contributed by atoms with Crippen molar-refractivity contribution >= 4 is 34.8 Å². The number of hydrogen-bond acceptors (Lipinski definition) is 2. The van der Waals surface area contributed by atoms with Crippen LogP contribution in [0.4, 0.5) is 0 Å². The van der Waals surface area contributed by atoms with Gasteiger partial charge in [-0.1, -0.05) is 47.6 Å². The molecule has 5 heteroatoms. The monoisotopic (exact) mass is 244 g/mol. The fraction of sp³-hybridized carbons (Fsp3) is 0.750. The summed E-state index contributed by atoms with van der Waals surface area (Å²) in [6, 6.07) is 0. The number of aliphatic hydroxyl groups excluding tert-OH is 1. The number of halogens is 3. The van der Waals surface area contributed by atoms with Crippen molar-refractivity contribution in [2.45, 2.75) is 36.0 Å². The molecular weight excluding hydrogens is 234 g/mol. The van der Waals surface area contributed by atoms with Gasteiger partial charge in [0.1, 0.15) is 5.60 Å². The number of terminal acetylenes is 1. The molecule has 0 fully saturated rings. The van der Waals surface area contributed by atoms with Crippen LogP contribution in [-0.4, -0.2) is 20.8 Å². The van der Waals surface area contributed by atoms with Gasteiger partial charge >= 0.3 is 0 Å². The molecule has 0 saturated heterocycles. The zero-order valence-corrected chi connectivity index (χ0v) is 9.62. The number of alkyl halides is 3. The lowest BCUT2D eigenvalue weighted by atomic mass is 10.1. The molecule has 2 unspecified atom stereocenters. The first-order valence-electron chi connectivity index (χ1n) is 3.65. The summed E-state index contributed by atoms with van der Waals surface area (Å²) in [5, 5.41) is 9.27. The van der Waals surface area contributed by atoms with Gasteiger partial charge in [0, 0.05) is 0 Å². The van der Waals surface area contributed by atoms with Crippen molar-refractivity contribution in [2.75, 3.05) is 0 Å². The van der Waals surface area contributed by atoms with Crippen LogP contribution in [0.15, 0.2) is 0 Å². The van der Waals surface area contributed by atoms with Crippen LogP contribution in [0.25, 0.3) is 0 Å². The number of rotatable bonds is 3. The second-order valence-corrected chi connectivity index (χ2v) is 5.11. The molecule has 1 N–H and O–H groups in total. The van der Waals surface area contributed by atoms with Crippen LogP contribution >= 0.6 is 34.8 Å². The molecule has 2 nitrogen and oxygen atoms in total. The van der Waals surface area contributed by atoms with E-state index in [0.29, 0.717) is 6.42 Å². The molecule has 0 amide bonds. The van der Waals surface area contributed by atoms with Gasteiger partial charge < -0.3 is 9.84 Å². The Morgan fingerprint density at radius 3 is 2.23 bits per heavy atom. The number of ether oxygens (including phenoxy) is 1. The Morgan fingerprint density at radius 1 is 1.54 bits per heavy atom. The number of aliphatic hydroxyl groups is 1. The molecular formula is C8H11Cl3O2. The van der Waals surface area contributed by atoms with Crippen molar-refractivity contribution < 1.29 is 9.84 Å². The van der Waals surface area contributed by atoms with E-state index < -0.39 is 15.7 Å². The third kappa shape index (κ3) is 4.39. The molecule has 0 aliphatic heterocycles. The van der Waals surface area contributed by atoms with Gasteiger partial charge in [-0.15, -0.1) is 6.42 Å².